The van der Waals surface area contributed by atoms with E-state index in [-0.39, 0.29) is 17.8 Å². The Bertz CT molecular complexity index is 1090. The van der Waals surface area contributed by atoms with Crippen LogP contribution in [-0.2, 0) is 14.3 Å². The summed E-state index contributed by atoms with van der Waals surface area (Å²) in [6.45, 7) is 3.74. The Labute approximate surface area is 198 Å². The maximum atomic E-state index is 13.3. The monoisotopic (exact) mass is 515 g/mol. The molecule has 2 saturated heterocycles. The Morgan fingerprint density at radius 1 is 1.09 bits per heavy atom. The van der Waals surface area contributed by atoms with Crippen LogP contribution >= 0.6 is 15.9 Å². The quantitative estimate of drug-likeness (QED) is 0.197. The minimum atomic E-state index is -0.901. The minimum Gasteiger partial charge on any atom is -0.872 e. The Morgan fingerprint density at radius 3 is 2.33 bits per heavy atom. The van der Waals surface area contributed by atoms with Crippen molar-refractivity contribution in [3.05, 3.63) is 79.8 Å². The highest BCUT2D eigenvalue weighted by atomic mass is 79.9. The van der Waals surface area contributed by atoms with Crippen LogP contribution in [0.5, 0.6) is 0 Å². The number of ether oxygens (including phenoxy) is 1. The number of benzene rings is 2. The predicted octanol–water partition coefficient (Wildman–Crippen LogP) is 0.496. The summed E-state index contributed by atoms with van der Waals surface area (Å²) in [7, 11) is 0. The lowest BCUT2D eigenvalue weighted by Gasteiger charge is -2.30. The first-order valence-corrected chi connectivity index (χ1v) is 11.3. The van der Waals surface area contributed by atoms with E-state index in [2.05, 4.69) is 15.9 Å². The van der Waals surface area contributed by atoms with Crippen molar-refractivity contribution in [2.24, 2.45) is 0 Å². The second-order valence-corrected chi connectivity index (χ2v) is 8.86. The van der Waals surface area contributed by atoms with Gasteiger partial charge in [0.1, 0.15) is 13.1 Å². The van der Waals surface area contributed by atoms with E-state index < -0.39 is 28.4 Å². The number of carbonyl (C=O) groups excluding carboxylic acids is 2. The number of halogens is 1. The van der Waals surface area contributed by atoms with Gasteiger partial charge in [-0.3, -0.25) is 19.7 Å². The van der Waals surface area contributed by atoms with Crippen LogP contribution < -0.4 is 10.0 Å². The van der Waals surface area contributed by atoms with Gasteiger partial charge in [-0.2, -0.15) is 0 Å². The largest absolute Gasteiger partial charge is 0.872 e. The molecule has 10 heteroatoms. The first-order chi connectivity index (χ1) is 15.9. The first-order valence-electron chi connectivity index (χ1n) is 10.5. The number of quaternary nitrogens is 1. The van der Waals surface area contributed by atoms with Crippen molar-refractivity contribution in [3.63, 3.8) is 0 Å². The van der Waals surface area contributed by atoms with Gasteiger partial charge in [0.15, 0.2) is 0 Å². The zero-order chi connectivity index (χ0) is 23.5. The van der Waals surface area contributed by atoms with Crippen LogP contribution in [0.25, 0.3) is 5.76 Å². The molecule has 9 nitrogen and oxygen atoms in total. The number of morpholine rings is 1. The maximum absolute atomic E-state index is 13.3. The summed E-state index contributed by atoms with van der Waals surface area (Å²) in [4.78, 5) is 39.2. The molecule has 1 unspecified atom stereocenters. The number of nitrogens with one attached hydrogen (secondary N) is 1. The summed E-state index contributed by atoms with van der Waals surface area (Å²) in [5.41, 5.74) is 0.534. The normalized spacial score (nSPS) is 20.9. The van der Waals surface area contributed by atoms with Crippen molar-refractivity contribution >= 4 is 39.1 Å². The molecule has 0 aromatic heterocycles. The molecule has 1 atom stereocenters. The van der Waals surface area contributed by atoms with E-state index in [1.54, 1.807) is 24.3 Å². The van der Waals surface area contributed by atoms with E-state index in [9.17, 15) is 24.8 Å². The highest BCUT2D eigenvalue weighted by molar-refractivity contribution is 9.10. The van der Waals surface area contributed by atoms with Crippen LogP contribution in [0.15, 0.2) is 58.6 Å². The Kier molecular flexibility index (Phi) is 6.87. The van der Waals surface area contributed by atoms with Crippen LogP contribution in [0.4, 0.5) is 5.69 Å². The molecule has 2 heterocycles. The molecule has 2 aliphatic rings. The molecule has 4 rings (SSSR count). The molecule has 0 bridgehead atoms. The lowest BCUT2D eigenvalue weighted by Crippen LogP contribution is -3.14. The summed E-state index contributed by atoms with van der Waals surface area (Å²) >= 11 is 3.32. The van der Waals surface area contributed by atoms with Gasteiger partial charge in [-0.05, 0) is 35.4 Å². The molecular formula is C23H22BrN3O6. The second-order valence-electron chi connectivity index (χ2n) is 7.94. The van der Waals surface area contributed by atoms with Gasteiger partial charge in [-0.25, -0.2) is 0 Å². The molecule has 0 aliphatic carbocycles. The standard InChI is InChI=1S/C23H22BrN3O6/c24-17-5-1-16(2-6-17)21(28)19-20(15-3-7-18(8-4-15)27(31)32)26(23(30)22(19)29)10-9-25-11-13-33-14-12-25/h1-8,20,28H,9-14H2. The minimum absolute atomic E-state index is 0.112. The van der Waals surface area contributed by atoms with Gasteiger partial charge in [-0.15, -0.1) is 0 Å². The van der Waals surface area contributed by atoms with E-state index in [4.69, 9.17) is 4.74 Å². The van der Waals surface area contributed by atoms with Crippen molar-refractivity contribution in [2.75, 3.05) is 39.4 Å². The Hall–Kier alpha value is -3.08. The molecule has 0 saturated carbocycles. The SMILES string of the molecule is O=C1C(=O)N(CC[NH+]2CCOCC2)C(c2ccc([N+](=O)[O-])cc2)C1=C([O-])c1ccc(Br)cc1. The van der Waals surface area contributed by atoms with Crippen molar-refractivity contribution in [1.29, 1.82) is 0 Å². The number of hydrogen-bond acceptors (Lipinski definition) is 6. The van der Waals surface area contributed by atoms with Crippen molar-refractivity contribution < 1.29 is 29.3 Å². The van der Waals surface area contributed by atoms with E-state index in [1.807, 2.05) is 0 Å². The fraction of sp³-hybridized carbons (Fsp3) is 0.304. The predicted molar refractivity (Wildman–Crippen MR) is 120 cm³/mol. The number of nitro benzene ring substituents is 1. The van der Waals surface area contributed by atoms with Crippen molar-refractivity contribution in [3.8, 4) is 0 Å². The Morgan fingerprint density at radius 2 is 1.73 bits per heavy atom. The van der Waals surface area contributed by atoms with Crippen LogP contribution in [0.2, 0.25) is 0 Å². The fourth-order valence-corrected chi connectivity index (χ4v) is 4.44. The zero-order valence-corrected chi connectivity index (χ0v) is 19.2. The number of hydrogen-bond donors (Lipinski definition) is 1. The number of ketones is 1. The van der Waals surface area contributed by atoms with E-state index in [0.717, 1.165) is 17.6 Å². The summed E-state index contributed by atoms with van der Waals surface area (Å²) < 4.78 is 6.15. The molecule has 2 aromatic rings. The third-order valence-corrected chi connectivity index (χ3v) is 6.49. The number of Topliss-reactive ketones (excluding diaryl/α,β-unsaturated/α-hetero) is 1. The number of nitrogens with zero attached hydrogens (tertiary/aromatic N) is 2. The molecule has 172 valence electrons. The third-order valence-electron chi connectivity index (χ3n) is 5.96. The van der Waals surface area contributed by atoms with Crippen molar-refractivity contribution in [1.82, 2.24) is 4.90 Å². The van der Waals surface area contributed by atoms with Crippen LogP contribution in [0.1, 0.15) is 17.2 Å². The smallest absolute Gasteiger partial charge is 0.295 e. The molecule has 0 spiro atoms. The average Bonchev–Trinajstić information content (AvgIpc) is 3.08. The number of rotatable bonds is 6. The number of nitro groups is 1. The lowest BCUT2D eigenvalue weighted by atomic mass is 9.95. The van der Waals surface area contributed by atoms with Gasteiger partial charge >= 0.3 is 0 Å². The number of amides is 1. The topological polar surface area (TPSA) is 117 Å². The van der Waals surface area contributed by atoms with Gasteiger partial charge in [0.05, 0.1) is 37.3 Å². The number of likely N-dealkylation sites (tertiary alicyclic amines) is 1. The van der Waals surface area contributed by atoms with Crippen molar-refractivity contribution in [2.45, 2.75) is 6.04 Å². The van der Waals surface area contributed by atoms with Gasteiger partial charge < -0.3 is 19.6 Å². The van der Waals surface area contributed by atoms with E-state index >= 15 is 0 Å². The first kappa shape index (κ1) is 23.1. The fourth-order valence-electron chi connectivity index (χ4n) is 4.17. The number of carbonyl (C=O) groups is 2. The summed E-state index contributed by atoms with van der Waals surface area (Å²) in [6.07, 6.45) is 0. The molecule has 1 amide bonds. The van der Waals surface area contributed by atoms with Gasteiger partial charge in [0.2, 0.25) is 5.78 Å². The molecule has 2 aromatic carbocycles. The average molecular weight is 516 g/mol. The molecule has 1 N–H and O–H groups in total. The number of non-ortho nitro benzene ring substituents is 1. The van der Waals surface area contributed by atoms with Crippen LogP contribution in [0, 0.1) is 10.1 Å². The lowest BCUT2D eigenvalue weighted by molar-refractivity contribution is -0.907. The Balaban J connectivity index is 1.74. The van der Waals surface area contributed by atoms with Crippen LogP contribution in [0.3, 0.4) is 0 Å². The third kappa shape index (κ3) is 4.82. The maximum Gasteiger partial charge on any atom is 0.295 e. The van der Waals surface area contributed by atoms with Crippen LogP contribution in [-0.4, -0.2) is 60.9 Å². The van der Waals surface area contributed by atoms with Gasteiger partial charge in [0, 0.05) is 22.2 Å². The summed E-state index contributed by atoms with van der Waals surface area (Å²) in [5, 5.41) is 24.4. The molecular weight excluding hydrogens is 494 g/mol. The van der Waals surface area contributed by atoms with E-state index in [1.165, 1.54) is 34.1 Å². The highest BCUT2D eigenvalue weighted by Gasteiger charge is 2.44. The summed E-state index contributed by atoms with van der Waals surface area (Å²) in [6, 6.07) is 11.3. The molecule has 33 heavy (non-hydrogen) atoms. The highest BCUT2D eigenvalue weighted by Crippen LogP contribution is 2.38. The second kappa shape index (κ2) is 9.82. The molecule has 2 fully saturated rings. The van der Waals surface area contributed by atoms with E-state index in [0.29, 0.717) is 30.9 Å². The molecule has 0 radical (unpaired) electrons. The van der Waals surface area contributed by atoms with Gasteiger partial charge in [-0.1, -0.05) is 33.8 Å². The molecule has 2 aliphatic heterocycles. The van der Waals surface area contributed by atoms with Gasteiger partial charge in [0.25, 0.3) is 11.6 Å². The zero-order valence-electron chi connectivity index (χ0n) is 17.7. The summed E-state index contributed by atoms with van der Waals surface area (Å²) in [5.74, 6) is -2.08.